The zero-order valence-electron chi connectivity index (χ0n) is 9.07. The van der Waals surface area contributed by atoms with Crippen LogP contribution in [0.2, 0.25) is 4.47 Å². The van der Waals surface area contributed by atoms with Crippen LogP contribution in [0.3, 0.4) is 0 Å². The van der Waals surface area contributed by atoms with Crippen LogP contribution in [0.4, 0.5) is 5.69 Å². The van der Waals surface area contributed by atoms with Crippen LogP contribution in [0, 0.1) is 13.8 Å². The van der Waals surface area contributed by atoms with Gasteiger partial charge in [0.05, 0.1) is 10.6 Å². The molecule has 0 amide bonds. The molecule has 1 aromatic carbocycles. The fourth-order valence-electron chi connectivity index (χ4n) is 1.27. The maximum atomic E-state index is 5.73. The van der Waals surface area contributed by atoms with E-state index in [0.29, 0.717) is 4.47 Å². The highest BCUT2D eigenvalue weighted by atomic mass is 35.5. The Morgan fingerprint density at radius 2 is 2.12 bits per heavy atom. The number of thiazole rings is 1. The molecule has 1 heterocycles. The zero-order valence-corrected chi connectivity index (χ0v) is 10.6. The minimum Gasteiger partial charge on any atom is -0.255 e. The highest BCUT2D eigenvalue weighted by Crippen LogP contribution is 2.19. The van der Waals surface area contributed by atoms with Gasteiger partial charge in [-0.3, -0.25) is 4.99 Å². The molecular weight excluding hydrogens is 240 g/mol. The Morgan fingerprint density at radius 1 is 1.31 bits per heavy atom. The smallest absolute Gasteiger partial charge is 0.184 e. The van der Waals surface area contributed by atoms with Gasteiger partial charge in [0.1, 0.15) is 0 Å². The van der Waals surface area contributed by atoms with Crippen LogP contribution >= 0.6 is 22.9 Å². The van der Waals surface area contributed by atoms with Crippen LogP contribution < -0.4 is 0 Å². The second-order valence-corrected chi connectivity index (χ2v) is 5.19. The van der Waals surface area contributed by atoms with E-state index in [9.17, 15) is 0 Å². The molecule has 0 aliphatic rings. The zero-order chi connectivity index (χ0) is 11.5. The monoisotopic (exact) mass is 250 g/mol. The number of benzene rings is 1. The molecular formula is C12H11ClN2S. The van der Waals surface area contributed by atoms with E-state index in [-0.39, 0.29) is 0 Å². The lowest BCUT2D eigenvalue weighted by atomic mass is 10.1. The van der Waals surface area contributed by atoms with Crippen molar-refractivity contribution < 1.29 is 0 Å². The third-order valence-electron chi connectivity index (χ3n) is 2.33. The summed E-state index contributed by atoms with van der Waals surface area (Å²) in [6.45, 7) is 4.17. The van der Waals surface area contributed by atoms with E-state index in [1.165, 1.54) is 22.5 Å². The summed E-state index contributed by atoms with van der Waals surface area (Å²) in [6, 6.07) is 6.14. The third-order valence-corrected chi connectivity index (χ3v) is 3.38. The van der Waals surface area contributed by atoms with E-state index in [1.807, 2.05) is 6.07 Å². The standard InChI is InChI=1S/C12H11ClN2S/c1-8-3-4-10(5-9(8)2)14-6-11-7-15-12(13)16-11/h3-7H,1-2H3/b14-6+. The lowest BCUT2D eigenvalue weighted by Crippen LogP contribution is -1.79. The van der Waals surface area contributed by atoms with Gasteiger partial charge in [-0.1, -0.05) is 17.7 Å². The first-order valence-corrected chi connectivity index (χ1v) is 6.07. The number of hydrogen-bond acceptors (Lipinski definition) is 3. The largest absolute Gasteiger partial charge is 0.255 e. The lowest BCUT2D eigenvalue weighted by molar-refractivity contribution is 1.33. The van der Waals surface area contributed by atoms with Gasteiger partial charge in [-0.25, -0.2) is 4.98 Å². The molecule has 0 aliphatic carbocycles. The van der Waals surface area contributed by atoms with Gasteiger partial charge in [-0.15, -0.1) is 11.3 Å². The number of aromatic nitrogens is 1. The van der Waals surface area contributed by atoms with E-state index in [2.05, 4.69) is 36.0 Å². The first kappa shape index (κ1) is 11.3. The number of nitrogens with zero attached hydrogens (tertiary/aromatic N) is 2. The second kappa shape index (κ2) is 4.76. The van der Waals surface area contributed by atoms with Gasteiger partial charge < -0.3 is 0 Å². The Morgan fingerprint density at radius 3 is 2.75 bits per heavy atom. The van der Waals surface area contributed by atoms with Crippen molar-refractivity contribution in [1.29, 1.82) is 0 Å². The number of rotatable bonds is 2. The molecule has 1 aromatic heterocycles. The van der Waals surface area contributed by atoms with Crippen molar-refractivity contribution >= 4 is 34.8 Å². The summed E-state index contributed by atoms with van der Waals surface area (Å²) < 4.78 is 0.543. The molecule has 4 heteroatoms. The van der Waals surface area contributed by atoms with E-state index in [0.717, 1.165) is 10.6 Å². The minimum atomic E-state index is 0.543. The number of aryl methyl sites for hydroxylation is 2. The molecule has 0 N–H and O–H groups in total. The molecule has 0 unspecified atom stereocenters. The molecule has 82 valence electrons. The second-order valence-electron chi connectivity index (χ2n) is 3.54. The fourth-order valence-corrected chi connectivity index (χ4v) is 2.09. The van der Waals surface area contributed by atoms with Crippen molar-refractivity contribution in [1.82, 2.24) is 4.98 Å². The van der Waals surface area contributed by atoms with Crippen LogP contribution in [-0.2, 0) is 0 Å². The Labute approximate surface area is 104 Å². The van der Waals surface area contributed by atoms with E-state index in [4.69, 9.17) is 11.6 Å². The third kappa shape index (κ3) is 2.68. The van der Waals surface area contributed by atoms with Crippen molar-refractivity contribution in [3.8, 4) is 0 Å². The molecule has 2 nitrogen and oxygen atoms in total. The van der Waals surface area contributed by atoms with Crippen molar-refractivity contribution in [2.24, 2.45) is 4.99 Å². The predicted molar refractivity (Wildman–Crippen MR) is 70.3 cm³/mol. The van der Waals surface area contributed by atoms with Crippen molar-refractivity contribution in [3.63, 3.8) is 0 Å². The molecule has 0 radical (unpaired) electrons. The average molecular weight is 251 g/mol. The Hall–Kier alpha value is -1.19. The molecule has 0 aliphatic heterocycles. The molecule has 0 saturated carbocycles. The Balaban J connectivity index is 2.20. The van der Waals surface area contributed by atoms with Crippen LogP contribution in [0.25, 0.3) is 0 Å². The molecule has 2 aromatic rings. The average Bonchev–Trinajstić information content (AvgIpc) is 2.66. The van der Waals surface area contributed by atoms with Crippen LogP contribution in [0.5, 0.6) is 0 Å². The van der Waals surface area contributed by atoms with Gasteiger partial charge in [-0.2, -0.15) is 0 Å². The van der Waals surface area contributed by atoms with Crippen molar-refractivity contribution in [2.45, 2.75) is 13.8 Å². The molecule has 16 heavy (non-hydrogen) atoms. The number of aliphatic imine (C=N–C) groups is 1. The quantitative estimate of drug-likeness (QED) is 0.735. The number of hydrogen-bond donors (Lipinski definition) is 0. The first-order valence-electron chi connectivity index (χ1n) is 4.88. The van der Waals surface area contributed by atoms with Crippen LogP contribution in [0.1, 0.15) is 16.0 Å². The van der Waals surface area contributed by atoms with Crippen molar-refractivity contribution in [2.75, 3.05) is 0 Å². The Bertz CT molecular complexity index is 532. The van der Waals surface area contributed by atoms with Gasteiger partial charge >= 0.3 is 0 Å². The fraction of sp³-hybridized carbons (Fsp3) is 0.167. The normalized spacial score (nSPS) is 11.2. The summed E-state index contributed by atoms with van der Waals surface area (Å²) in [6.07, 6.45) is 3.51. The summed E-state index contributed by atoms with van der Waals surface area (Å²) in [5.41, 5.74) is 3.48. The van der Waals surface area contributed by atoms with Crippen molar-refractivity contribution in [3.05, 3.63) is 44.9 Å². The highest BCUT2D eigenvalue weighted by molar-refractivity contribution is 7.17. The van der Waals surface area contributed by atoms with Gasteiger partial charge in [0.2, 0.25) is 0 Å². The molecule has 2 rings (SSSR count). The van der Waals surface area contributed by atoms with Gasteiger partial charge in [0.25, 0.3) is 0 Å². The van der Waals surface area contributed by atoms with Crippen LogP contribution in [0.15, 0.2) is 29.4 Å². The summed E-state index contributed by atoms with van der Waals surface area (Å²) in [5.74, 6) is 0. The summed E-state index contributed by atoms with van der Waals surface area (Å²) in [5, 5.41) is 0. The minimum absolute atomic E-state index is 0.543. The van der Waals surface area contributed by atoms with Gasteiger partial charge in [-0.05, 0) is 37.1 Å². The molecule has 0 fully saturated rings. The molecule has 0 bridgehead atoms. The maximum absolute atomic E-state index is 5.73. The lowest BCUT2D eigenvalue weighted by Gasteiger charge is -1.99. The Kier molecular flexibility index (Phi) is 3.36. The van der Waals surface area contributed by atoms with Gasteiger partial charge in [0.15, 0.2) is 4.47 Å². The first-order chi connectivity index (χ1) is 7.65. The number of halogens is 1. The molecule has 0 saturated heterocycles. The SMILES string of the molecule is Cc1ccc(/N=C/c2cnc(Cl)s2)cc1C. The topological polar surface area (TPSA) is 25.2 Å². The molecule has 0 spiro atoms. The van der Waals surface area contributed by atoms with E-state index < -0.39 is 0 Å². The van der Waals surface area contributed by atoms with Gasteiger partial charge in [0, 0.05) is 12.4 Å². The maximum Gasteiger partial charge on any atom is 0.184 e. The predicted octanol–water partition coefficient (Wildman–Crippen LogP) is 4.16. The highest BCUT2D eigenvalue weighted by Gasteiger charge is 1.96. The summed E-state index contributed by atoms with van der Waals surface area (Å²) >= 11 is 7.15. The summed E-state index contributed by atoms with van der Waals surface area (Å²) in [7, 11) is 0. The van der Waals surface area contributed by atoms with E-state index >= 15 is 0 Å². The molecule has 0 atom stereocenters. The van der Waals surface area contributed by atoms with E-state index in [1.54, 1.807) is 12.4 Å². The summed E-state index contributed by atoms with van der Waals surface area (Å²) in [4.78, 5) is 9.29. The van der Waals surface area contributed by atoms with Crippen LogP contribution in [-0.4, -0.2) is 11.2 Å².